The predicted octanol–water partition coefficient (Wildman–Crippen LogP) is 3.22. The summed E-state index contributed by atoms with van der Waals surface area (Å²) < 4.78 is 40.4. The molecule has 2 N–H and O–H groups in total. The third-order valence-electron chi connectivity index (χ3n) is 2.94. The molecular formula is C13H18F3NO. The van der Waals surface area contributed by atoms with E-state index < -0.39 is 18.3 Å². The van der Waals surface area contributed by atoms with Crippen LogP contribution in [-0.4, -0.2) is 19.4 Å². The molecule has 2 nitrogen and oxygen atoms in total. The second-order valence-electron chi connectivity index (χ2n) is 4.29. The Kier molecular flexibility index (Phi) is 5.16. The summed E-state index contributed by atoms with van der Waals surface area (Å²) in [6.45, 7) is 0.692. The first-order valence-electron chi connectivity index (χ1n) is 5.86. The van der Waals surface area contributed by atoms with E-state index >= 15 is 0 Å². The largest absolute Gasteiger partial charge is 0.411 e. The van der Waals surface area contributed by atoms with Crippen molar-refractivity contribution in [2.45, 2.75) is 31.5 Å². The molecule has 0 aliphatic carbocycles. The molecule has 1 atom stereocenters. The lowest BCUT2D eigenvalue weighted by Gasteiger charge is -2.28. The molecule has 0 spiro atoms. The highest BCUT2D eigenvalue weighted by Crippen LogP contribution is 2.26. The Labute approximate surface area is 105 Å². The number of nitrogens with two attached hydrogens (primary N) is 1. The molecule has 0 bridgehead atoms. The fourth-order valence-corrected chi connectivity index (χ4v) is 1.74. The molecule has 102 valence electrons. The van der Waals surface area contributed by atoms with Crippen LogP contribution in [0, 0.1) is 0 Å². The number of hydrogen-bond acceptors (Lipinski definition) is 2. The van der Waals surface area contributed by atoms with Crippen LogP contribution < -0.4 is 5.73 Å². The Morgan fingerprint density at radius 2 is 1.78 bits per heavy atom. The van der Waals surface area contributed by atoms with Crippen LogP contribution in [0.2, 0.25) is 0 Å². The van der Waals surface area contributed by atoms with Gasteiger partial charge in [-0.05, 0) is 18.4 Å². The highest BCUT2D eigenvalue weighted by atomic mass is 19.4. The van der Waals surface area contributed by atoms with Crippen molar-refractivity contribution in [2.75, 3.05) is 13.2 Å². The second kappa shape index (κ2) is 6.20. The van der Waals surface area contributed by atoms with Crippen molar-refractivity contribution in [1.82, 2.24) is 0 Å². The molecule has 5 heteroatoms. The zero-order valence-electron chi connectivity index (χ0n) is 10.3. The van der Waals surface area contributed by atoms with E-state index in [0.717, 1.165) is 5.56 Å². The minimum atomic E-state index is -4.28. The lowest BCUT2D eigenvalue weighted by atomic mass is 9.85. The van der Waals surface area contributed by atoms with Gasteiger partial charge in [0.1, 0.15) is 6.61 Å². The minimum absolute atomic E-state index is 0.00125. The van der Waals surface area contributed by atoms with E-state index in [1.807, 2.05) is 37.3 Å². The van der Waals surface area contributed by atoms with Crippen molar-refractivity contribution in [2.24, 2.45) is 5.73 Å². The lowest BCUT2D eigenvalue weighted by molar-refractivity contribution is -0.174. The van der Waals surface area contributed by atoms with Crippen LogP contribution in [0.3, 0.4) is 0 Å². The number of halogens is 3. The smallest absolute Gasteiger partial charge is 0.372 e. The molecule has 0 fully saturated rings. The Morgan fingerprint density at radius 1 is 1.17 bits per heavy atom. The zero-order chi connectivity index (χ0) is 13.6. The second-order valence-corrected chi connectivity index (χ2v) is 4.29. The number of rotatable bonds is 6. The molecular weight excluding hydrogens is 243 g/mol. The third kappa shape index (κ3) is 4.66. The fraction of sp³-hybridized carbons (Fsp3) is 0.538. The van der Waals surface area contributed by atoms with Crippen LogP contribution in [0.15, 0.2) is 30.3 Å². The van der Waals surface area contributed by atoms with Crippen LogP contribution in [0.4, 0.5) is 13.2 Å². The van der Waals surface area contributed by atoms with E-state index in [0.29, 0.717) is 12.8 Å². The maximum atomic E-state index is 11.9. The Balaban J connectivity index is 2.52. The normalized spacial score (nSPS) is 15.4. The molecule has 18 heavy (non-hydrogen) atoms. The number of ether oxygens (including phenoxy) is 1. The molecule has 0 aliphatic heterocycles. The van der Waals surface area contributed by atoms with Crippen molar-refractivity contribution < 1.29 is 17.9 Å². The molecule has 0 amide bonds. The molecule has 1 unspecified atom stereocenters. The van der Waals surface area contributed by atoms with Crippen LogP contribution in [0.1, 0.15) is 25.3 Å². The van der Waals surface area contributed by atoms with E-state index in [2.05, 4.69) is 4.74 Å². The van der Waals surface area contributed by atoms with E-state index in [4.69, 9.17) is 5.73 Å². The summed E-state index contributed by atoms with van der Waals surface area (Å²) in [5.41, 5.74) is 6.49. The Morgan fingerprint density at radius 3 is 2.28 bits per heavy atom. The van der Waals surface area contributed by atoms with Gasteiger partial charge in [-0.15, -0.1) is 0 Å². The van der Waals surface area contributed by atoms with E-state index in [1.165, 1.54) is 0 Å². The summed E-state index contributed by atoms with van der Waals surface area (Å²) in [4.78, 5) is 0. The van der Waals surface area contributed by atoms with E-state index in [9.17, 15) is 13.2 Å². The first-order chi connectivity index (χ1) is 8.37. The maximum absolute atomic E-state index is 11.9. The molecule has 0 saturated heterocycles. The molecule has 0 aliphatic rings. The van der Waals surface area contributed by atoms with Crippen molar-refractivity contribution in [3.05, 3.63) is 35.9 Å². The van der Waals surface area contributed by atoms with Gasteiger partial charge < -0.3 is 10.5 Å². The highest BCUT2D eigenvalue weighted by molar-refractivity contribution is 5.23. The maximum Gasteiger partial charge on any atom is 0.411 e. The third-order valence-corrected chi connectivity index (χ3v) is 2.94. The van der Waals surface area contributed by atoms with Gasteiger partial charge in [0.15, 0.2) is 0 Å². The van der Waals surface area contributed by atoms with Crippen molar-refractivity contribution in [3.63, 3.8) is 0 Å². The van der Waals surface area contributed by atoms with Gasteiger partial charge in [0.2, 0.25) is 0 Å². The summed E-state index contributed by atoms with van der Waals surface area (Å²) in [5.74, 6) is 0. The predicted molar refractivity (Wildman–Crippen MR) is 64.1 cm³/mol. The molecule has 0 aromatic heterocycles. The number of alkyl halides is 3. The Bertz CT molecular complexity index is 353. The van der Waals surface area contributed by atoms with Gasteiger partial charge in [0.25, 0.3) is 0 Å². The summed E-state index contributed by atoms with van der Waals surface area (Å²) in [6, 6.07) is 9.37. The Hall–Kier alpha value is -1.07. The minimum Gasteiger partial charge on any atom is -0.372 e. The topological polar surface area (TPSA) is 35.2 Å². The average molecular weight is 261 g/mol. The monoisotopic (exact) mass is 261 g/mol. The van der Waals surface area contributed by atoms with E-state index in [-0.39, 0.29) is 6.61 Å². The molecule has 0 radical (unpaired) electrons. The van der Waals surface area contributed by atoms with Crippen molar-refractivity contribution >= 4 is 0 Å². The first-order valence-corrected chi connectivity index (χ1v) is 5.86. The van der Waals surface area contributed by atoms with Crippen LogP contribution in [-0.2, 0) is 10.3 Å². The van der Waals surface area contributed by atoms with Crippen LogP contribution >= 0.6 is 0 Å². The zero-order valence-corrected chi connectivity index (χ0v) is 10.3. The first kappa shape index (κ1) is 15.0. The van der Waals surface area contributed by atoms with Gasteiger partial charge in [-0.3, -0.25) is 0 Å². The van der Waals surface area contributed by atoms with Gasteiger partial charge in [-0.25, -0.2) is 0 Å². The van der Waals surface area contributed by atoms with Crippen molar-refractivity contribution in [3.8, 4) is 0 Å². The van der Waals surface area contributed by atoms with Gasteiger partial charge in [0, 0.05) is 12.1 Å². The van der Waals surface area contributed by atoms with Crippen molar-refractivity contribution in [1.29, 1.82) is 0 Å². The SMILES string of the molecule is CCC(N)(CCOCC(F)(F)F)c1ccccc1. The van der Waals surface area contributed by atoms with Gasteiger partial charge in [-0.1, -0.05) is 37.3 Å². The highest BCUT2D eigenvalue weighted by Gasteiger charge is 2.29. The van der Waals surface area contributed by atoms with Gasteiger partial charge in [0.05, 0.1) is 0 Å². The summed E-state index contributed by atoms with van der Waals surface area (Å²) in [6.07, 6.45) is -3.27. The van der Waals surface area contributed by atoms with Gasteiger partial charge >= 0.3 is 6.18 Å². The molecule has 0 saturated carbocycles. The molecule has 1 aromatic carbocycles. The standard InChI is InChI=1S/C13H18F3NO/c1-2-12(17,11-6-4-3-5-7-11)8-9-18-10-13(14,15)16/h3-7H,2,8-10,17H2,1H3. The average Bonchev–Trinajstić information content (AvgIpc) is 2.34. The lowest BCUT2D eigenvalue weighted by Crippen LogP contribution is -2.37. The van der Waals surface area contributed by atoms with E-state index in [1.54, 1.807) is 0 Å². The molecule has 1 rings (SSSR count). The summed E-state index contributed by atoms with van der Waals surface area (Å²) >= 11 is 0. The number of hydrogen-bond donors (Lipinski definition) is 1. The van der Waals surface area contributed by atoms with Gasteiger partial charge in [-0.2, -0.15) is 13.2 Å². The fourth-order valence-electron chi connectivity index (χ4n) is 1.74. The van der Waals surface area contributed by atoms with Crippen LogP contribution in [0.25, 0.3) is 0 Å². The number of benzene rings is 1. The van der Waals surface area contributed by atoms with Crippen LogP contribution in [0.5, 0.6) is 0 Å². The summed E-state index contributed by atoms with van der Waals surface area (Å²) in [5, 5.41) is 0. The molecule has 0 heterocycles. The quantitative estimate of drug-likeness (QED) is 0.798. The molecule has 1 aromatic rings. The summed E-state index contributed by atoms with van der Waals surface area (Å²) in [7, 11) is 0.